The van der Waals surface area contributed by atoms with Gasteiger partial charge in [-0.15, -0.1) is 0 Å². The number of carbonyl (C=O) groups is 1. The van der Waals surface area contributed by atoms with Crippen molar-refractivity contribution in [1.29, 1.82) is 0 Å². The van der Waals surface area contributed by atoms with Crippen molar-refractivity contribution in [3.05, 3.63) is 36.5 Å². The van der Waals surface area contributed by atoms with Gasteiger partial charge in [-0.3, -0.25) is 4.79 Å². The summed E-state index contributed by atoms with van der Waals surface area (Å²) in [5.41, 5.74) is 0.197. The third-order valence-electron chi connectivity index (χ3n) is 5.18. The molecular weight excluding hydrogens is 328 g/mol. The lowest BCUT2D eigenvalue weighted by molar-refractivity contribution is -0.137. The second kappa shape index (κ2) is 11.3. The number of unbranched alkanes of at least 4 members (excludes halogenated alkanes) is 3. The van der Waals surface area contributed by atoms with Crippen LogP contribution in [0, 0.1) is 11.8 Å². The van der Waals surface area contributed by atoms with Crippen molar-refractivity contribution in [2.45, 2.75) is 83.3 Å². The van der Waals surface area contributed by atoms with Gasteiger partial charge in [0.05, 0.1) is 11.7 Å². The summed E-state index contributed by atoms with van der Waals surface area (Å²) in [6.07, 6.45) is 14.4. The van der Waals surface area contributed by atoms with E-state index in [2.05, 4.69) is 13.5 Å². The molecule has 0 spiro atoms. The summed E-state index contributed by atoms with van der Waals surface area (Å²) in [7, 11) is 0. The molecule has 1 fully saturated rings. The van der Waals surface area contributed by atoms with Gasteiger partial charge in [0, 0.05) is 12.3 Å². The fourth-order valence-corrected chi connectivity index (χ4v) is 3.55. The number of carboxylic acids is 1. The number of hydrogen-bond donors (Lipinski definition) is 3. The van der Waals surface area contributed by atoms with Crippen LogP contribution in [0.5, 0.6) is 0 Å². The fourth-order valence-electron chi connectivity index (χ4n) is 3.55. The van der Waals surface area contributed by atoms with Crippen LogP contribution in [0.2, 0.25) is 0 Å². The second-order valence-electron chi connectivity index (χ2n) is 7.79. The molecule has 0 aromatic heterocycles. The van der Waals surface area contributed by atoms with Crippen molar-refractivity contribution < 1.29 is 20.1 Å². The average molecular weight is 365 g/mol. The van der Waals surface area contributed by atoms with E-state index in [4.69, 9.17) is 5.11 Å². The Labute approximate surface area is 158 Å². The van der Waals surface area contributed by atoms with Gasteiger partial charge in [-0.25, -0.2) is 0 Å². The summed E-state index contributed by atoms with van der Waals surface area (Å²) in [5.74, 6) is -0.621. The number of aliphatic carboxylic acids is 1. The largest absolute Gasteiger partial charge is 0.481 e. The van der Waals surface area contributed by atoms with Crippen LogP contribution in [-0.4, -0.2) is 33.0 Å². The first-order valence-corrected chi connectivity index (χ1v) is 9.91. The highest BCUT2D eigenvalue weighted by molar-refractivity contribution is 5.66. The summed E-state index contributed by atoms with van der Waals surface area (Å²) >= 11 is 0. The Bertz CT molecular complexity index is 504. The van der Waals surface area contributed by atoms with Gasteiger partial charge in [0.1, 0.15) is 0 Å². The van der Waals surface area contributed by atoms with Gasteiger partial charge in [-0.2, -0.15) is 0 Å². The van der Waals surface area contributed by atoms with Gasteiger partial charge in [-0.05, 0) is 44.9 Å². The first kappa shape index (κ1) is 22.7. The minimum absolute atomic E-state index is 0.0703. The first-order valence-electron chi connectivity index (χ1n) is 9.91. The number of aliphatic hydroxyl groups excluding tert-OH is 1. The SMILES string of the molecule is C=C1C[C@H](O)[C@H](CC=CCCCC(=O)O)[C@H]1C=CC(C)(O)CCCCC. The Morgan fingerprint density at radius 2 is 2.04 bits per heavy atom. The maximum atomic E-state index is 10.5. The van der Waals surface area contributed by atoms with Crippen molar-refractivity contribution in [2.24, 2.45) is 11.8 Å². The summed E-state index contributed by atoms with van der Waals surface area (Å²) in [6.45, 7) is 8.09. The van der Waals surface area contributed by atoms with Gasteiger partial charge in [-0.1, -0.05) is 62.6 Å². The average Bonchev–Trinajstić information content (AvgIpc) is 2.82. The molecule has 1 rings (SSSR count). The monoisotopic (exact) mass is 364 g/mol. The molecule has 26 heavy (non-hydrogen) atoms. The lowest BCUT2D eigenvalue weighted by Gasteiger charge is -2.22. The molecule has 148 valence electrons. The van der Waals surface area contributed by atoms with Crippen LogP contribution in [0.4, 0.5) is 0 Å². The Balaban J connectivity index is 2.58. The number of carboxylic acid groups (broad SMARTS) is 1. The highest BCUT2D eigenvalue weighted by Gasteiger charge is 2.35. The van der Waals surface area contributed by atoms with E-state index < -0.39 is 17.7 Å². The number of allylic oxidation sites excluding steroid dienone is 3. The number of hydrogen-bond acceptors (Lipinski definition) is 3. The third kappa shape index (κ3) is 8.33. The molecule has 0 bridgehead atoms. The molecule has 1 aliphatic carbocycles. The molecule has 0 aliphatic heterocycles. The fraction of sp³-hybridized carbons (Fsp3) is 0.682. The topological polar surface area (TPSA) is 77.8 Å². The molecule has 0 radical (unpaired) electrons. The van der Waals surface area contributed by atoms with E-state index in [0.717, 1.165) is 44.1 Å². The van der Waals surface area contributed by atoms with Gasteiger partial charge in [0.2, 0.25) is 0 Å². The van der Waals surface area contributed by atoms with E-state index in [1.807, 2.05) is 31.2 Å². The van der Waals surface area contributed by atoms with Crippen molar-refractivity contribution in [3.8, 4) is 0 Å². The molecule has 1 saturated carbocycles. The smallest absolute Gasteiger partial charge is 0.303 e. The standard InChI is InChI=1S/C22H36O4/c1-4-5-10-14-22(3,26)15-13-18-17(2)16-20(23)19(18)11-8-6-7-9-12-21(24)25/h6,8,13,15,18-20,23,26H,2,4-5,7,9-12,14,16H2,1,3H3,(H,24,25)/t18-,19+,20-,22?/m0/s1. The molecule has 4 heteroatoms. The van der Waals surface area contributed by atoms with Crippen molar-refractivity contribution in [1.82, 2.24) is 0 Å². The molecule has 1 aliphatic rings. The van der Waals surface area contributed by atoms with Crippen molar-refractivity contribution >= 4 is 5.97 Å². The van der Waals surface area contributed by atoms with Crippen LogP contribution in [0.1, 0.15) is 71.6 Å². The zero-order valence-electron chi connectivity index (χ0n) is 16.4. The molecular formula is C22H36O4. The van der Waals surface area contributed by atoms with E-state index in [9.17, 15) is 15.0 Å². The van der Waals surface area contributed by atoms with Crippen LogP contribution in [0.25, 0.3) is 0 Å². The van der Waals surface area contributed by atoms with Gasteiger partial charge in [0.15, 0.2) is 0 Å². The van der Waals surface area contributed by atoms with E-state index in [1.54, 1.807) is 0 Å². The Hall–Kier alpha value is -1.39. The zero-order chi connectivity index (χ0) is 19.6. The third-order valence-corrected chi connectivity index (χ3v) is 5.18. The molecule has 0 heterocycles. The lowest BCUT2D eigenvalue weighted by atomic mass is 9.87. The van der Waals surface area contributed by atoms with Gasteiger partial charge in [0.25, 0.3) is 0 Å². The molecule has 1 unspecified atom stereocenters. The molecule has 0 amide bonds. The van der Waals surface area contributed by atoms with Crippen LogP contribution in [0.3, 0.4) is 0 Å². The van der Waals surface area contributed by atoms with E-state index in [1.165, 1.54) is 0 Å². The molecule has 4 nitrogen and oxygen atoms in total. The predicted molar refractivity (Wildman–Crippen MR) is 106 cm³/mol. The quantitative estimate of drug-likeness (QED) is 0.348. The Morgan fingerprint density at radius 3 is 2.69 bits per heavy atom. The van der Waals surface area contributed by atoms with Crippen LogP contribution < -0.4 is 0 Å². The molecule has 0 aromatic carbocycles. The molecule has 3 N–H and O–H groups in total. The van der Waals surface area contributed by atoms with E-state index in [0.29, 0.717) is 12.8 Å². The first-order chi connectivity index (χ1) is 12.3. The van der Waals surface area contributed by atoms with E-state index >= 15 is 0 Å². The molecule has 0 saturated heterocycles. The number of rotatable bonds is 12. The maximum absolute atomic E-state index is 10.5. The highest BCUT2D eigenvalue weighted by atomic mass is 16.4. The Kier molecular flexibility index (Phi) is 9.89. The lowest BCUT2D eigenvalue weighted by Crippen LogP contribution is -2.22. The molecule has 4 atom stereocenters. The zero-order valence-corrected chi connectivity index (χ0v) is 16.4. The van der Waals surface area contributed by atoms with Crippen LogP contribution in [-0.2, 0) is 4.79 Å². The minimum Gasteiger partial charge on any atom is -0.481 e. The van der Waals surface area contributed by atoms with E-state index in [-0.39, 0.29) is 18.3 Å². The second-order valence-corrected chi connectivity index (χ2v) is 7.79. The highest BCUT2D eigenvalue weighted by Crippen LogP contribution is 2.39. The summed E-state index contributed by atoms with van der Waals surface area (Å²) in [6, 6.07) is 0. The minimum atomic E-state index is -0.819. The van der Waals surface area contributed by atoms with Crippen molar-refractivity contribution in [3.63, 3.8) is 0 Å². The predicted octanol–water partition coefficient (Wildman–Crippen LogP) is 4.63. The van der Waals surface area contributed by atoms with Crippen molar-refractivity contribution in [2.75, 3.05) is 0 Å². The van der Waals surface area contributed by atoms with Crippen LogP contribution in [0.15, 0.2) is 36.5 Å². The Morgan fingerprint density at radius 1 is 1.31 bits per heavy atom. The maximum Gasteiger partial charge on any atom is 0.303 e. The summed E-state index contributed by atoms with van der Waals surface area (Å²) in [5, 5.41) is 29.5. The van der Waals surface area contributed by atoms with Crippen LogP contribution >= 0.6 is 0 Å². The van der Waals surface area contributed by atoms with Gasteiger partial charge < -0.3 is 15.3 Å². The summed E-state index contributed by atoms with van der Waals surface area (Å²) in [4.78, 5) is 10.5. The normalized spacial score (nSPS) is 26.0. The molecule has 0 aromatic rings. The van der Waals surface area contributed by atoms with Gasteiger partial charge >= 0.3 is 5.97 Å². The number of aliphatic hydroxyl groups is 2. The summed E-state index contributed by atoms with van der Waals surface area (Å²) < 4.78 is 0.